The molecule has 2 amide bonds. The molecule has 2 N–H and O–H groups in total. The Kier molecular flexibility index (Phi) is 3.36. The summed E-state index contributed by atoms with van der Waals surface area (Å²) in [7, 11) is 1.72. The van der Waals surface area contributed by atoms with Crippen molar-refractivity contribution in [2.75, 3.05) is 13.6 Å². The summed E-state index contributed by atoms with van der Waals surface area (Å²) in [4.78, 5) is 12.1. The minimum absolute atomic E-state index is 0.268. The summed E-state index contributed by atoms with van der Waals surface area (Å²) in [5, 5.41) is 0. The number of rotatable bonds is 2. The molecular formula is C8H18N2O. The van der Waals surface area contributed by atoms with Crippen LogP contribution in [-0.4, -0.2) is 24.5 Å². The SMILES string of the molecule is CN(CCC(C)(C)C)C(N)=O. The maximum Gasteiger partial charge on any atom is 0.314 e. The first-order chi connectivity index (χ1) is 4.83. The Balaban J connectivity index is 3.63. The summed E-state index contributed by atoms with van der Waals surface area (Å²) in [6, 6.07) is -0.353. The lowest BCUT2D eigenvalue weighted by atomic mass is 9.92. The summed E-state index contributed by atoms with van der Waals surface area (Å²) in [6.45, 7) is 7.16. The van der Waals surface area contributed by atoms with Gasteiger partial charge in [0.25, 0.3) is 0 Å². The van der Waals surface area contributed by atoms with Crippen LogP contribution in [0.5, 0.6) is 0 Å². The molecule has 0 aliphatic heterocycles. The van der Waals surface area contributed by atoms with Gasteiger partial charge in [0.15, 0.2) is 0 Å². The van der Waals surface area contributed by atoms with Gasteiger partial charge in [0.2, 0.25) is 0 Å². The Morgan fingerprint density at radius 2 is 1.91 bits per heavy atom. The van der Waals surface area contributed by atoms with Crippen LogP contribution >= 0.6 is 0 Å². The Bertz CT molecular complexity index is 138. The molecule has 0 spiro atoms. The van der Waals surface area contributed by atoms with Gasteiger partial charge in [-0.2, -0.15) is 0 Å². The number of urea groups is 1. The fourth-order valence-electron chi connectivity index (χ4n) is 0.613. The standard InChI is InChI=1S/C8H18N2O/c1-8(2,3)5-6-10(4)7(9)11/h5-6H2,1-4H3,(H2,9,11). The third-order valence-electron chi connectivity index (χ3n) is 1.57. The van der Waals surface area contributed by atoms with Gasteiger partial charge in [-0.05, 0) is 11.8 Å². The van der Waals surface area contributed by atoms with E-state index in [0.29, 0.717) is 0 Å². The van der Waals surface area contributed by atoms with Crippen molar-refractivity contribution in [3.8, 4) is 0 Å². The van der Waals surface area contributed by atoms with Gasteiger partial charge in [0, 0.05) is 13.6 Å². The molecule has 0 aromatic carbocycles. The lowest BCUT2D eigenvalue weighted by molar-refractivity contribution is 0.210. The molecule has 3 nitrogen and oxygen atoms in total. The molecule has 0 radical (unpaired) electrons. The summed E-state index contributed by atoms with van der Waals surface area (Å²) in [6.07, 6.45) is 0.979. The number of nitrogens with zero attached hydrogens (tertiary/aromatic N) is 1. The van der Waals surface area contributed by atoms with Crippen molar-refractivity contribution >= 4 is 6.03 Å². The number of nitrogens with two attached hydrogens (primary N) is 1. The molecule has 0 saturated carbocycles. The Morgan fingerprint density at radius 1 is 1.45 bits per heavy atom. The molecule has 0 aromatic rings. The molecule has 0 aliphatic rings. The van der Waals surface area contributed by atoms with Crippen LogP contribution in [0.4, 0.5) is 4.79 Å². The highest BCUT2D eigenvalue weighted by atomic mass is 16.2. The van der Waals surface area contributed by atoms with E-state index in [4.69, 9.17) is 5.73 Å². The number of hydrogen-bond acceptors (Lipinski definition) is 1. The van der Waals surface area contributed by atoms with E-state index in [1.54, 1.807) is 7.05 Å². The zero-order valence-electron chi connectivity index (χ0n) is 7.85. The number of hydrogen-bond donors (Lipinski definition) is 1. The van der Waals surface area contributed by atoms with Gasteiger partial charge >= 0.3 is 6.03 Å². The molecule has 0 heterocycles. The first kappa shape index (κ1) is 10.3. The second kappa shape index (κ2) is 3.60. The molecule has 11 heavy (non-hydrogen) atoms. The number of carbonyl (C=O) groups is 1. The molecule has 0 aromatic heterocycles. The smallest absolute Gasteiger partial charge is 0.314 e. The summed E-state index contributed by atoms with van der Waals surface area (Å²) in [5.74, 6) is 0. The number of primary amides is 1. The van der Waals surface area contributed by atoms with E-state index in [1.165, 1.54) is 4.90 Å². The average Bonchev–Trinajstić information content (AvgIpc) is 1.80. The van der Waals surface area contributed by atoms with Gasteiger partial charge in [-0.25, -0.2) is 4.79 Å². The van der Waals surface area contributed by atoms with E-state index in [1.807, 2.05) is 0 Å². The molecule has 0 saturated heterocycles. The van der Waals surface area contributed by atoms with Crippen LogP contribution in [0.15, 0.2) is 0 Å². The van der Waals surface area contributed by atoms with Gasteiger partial charge in [-0.3, -0.25) is 0 Å². The highest BCUT2D eigenvalue weighted by molar-refractivity contribution is 5.71. The largest absolute Gasteiger partial charge is 0.351 e. The van der Waals surface area contributed by atoms with Crippen molar-refractivity contribution in [3.63, 3.8) is 0 Å². The van der Waals surface area contributed by atoms with Crippen LogP contribution < -0.4 is 5.73 Å². The van der Waals surface area contributed by atoms with Crippen molar-refractivity contribution in [2.24, 2.45) is 11.1 Å². The molecule has 0 unspecified atom stereocenters. The highest BCUT2D eigenvalue weighted by Gasteiger charge is 2.12. The Morgan fingerprint density at radius 3 is 2.18 bits per heavy atom. The topological polar surface area (TPSA) is 46.3 Å². The second-order valence-electron chi connectivity index (χ2n) is 4.07. The van der Waals surface area contributed by atoms with E-state index < -0.39 is 0 Å². The third-order valence-corrected chi connectivity index (χ3v) is 1.57. The second-order valence-corrected chi connectivity index (χ2v) is 4.07. The van der Waals surface area contributed by atoms with Crippen molar-refractivity contribution in [1.29, 1.82) is 0 Å². The minimum atomic E-state index is -0.353. The van der Waals surface area contributed by atoms with E-state index in [2.05, 4.69) is 20.8 Å². The van der Waals surface area contributed by atoms with Crippen molar-refractivity contribution < 1.29 is 4.79 Å². The summed E-state index contributed by atoms with van der Waals surface area (Å²) >= 11 is 0. The zero-order chi connectivity index (χ0) is 9.07. The van der Waals surface area contributed by atoms with Crippen LogP contribution in [0.25, 0.3) is 0 Å². The van der Waals surface area contributed by atoms with E-state index in [-0.39, 0.29) is 11.4 Å². The highest BCUT2D eigenvalue weighted by Crippen LogP contribution is 2.18. The fraction of sp³-hybridized carbons (Fsp3) is 0.875. The average molecular weight is 158 g/mol. The summed E-state index contributed by atoms with van der Waals surface area (Å²) in [5.41, 5.74) is 5.32. The van der Waals surface area contributed by atoms with Crippen LogP contribution in [0.3, 0.4) is 0 Å². The molecule has 0 fully saturated rings. The third kappa shape index (κ3) is 5.70. The Labute approximate surface area is 68.6 Å². The van der Waals surface area contributed by atoms with Gasteiger partial charge in [0.1, 0.15) is 0 Å². The van der Waals surface area contributed by atoms with Gasteiger partial charge in [-0.1, -0.05) is 20.8 Å². The molecule has 0 bridgehead atoms. The minimum Gasteiger partial charge on any atom is -0.351 e. The van der Waals surface area contributed by atoms with Crippen molar-refractivity contribution in [3.05, 3.63) is 0 Å². The lowest BCUT2D eigenvalue weighted by Crippen LogP contribution is -2.34. The fourth-order valence-corrected chi connectivity index (χ4v) is 0.613. The molecular weight excluding hydrogens is 140 g/mol. The van der Waals surface area contributed by atoms with E-state index in [9.17, 15) is 4.79 Å². The van der Waals surface area contributed by atoms with Gasteiger partial charge in [0.05, 0.1) is 0 Å². The summed E-state index contributed by atoms with van der Waals surface area (Å²) < 4.78 is 0. The maximum absolute atomic E-state index is 10.6. The predicted molar refractivity (Wildman–Crippen MR) is 46.3 cm³/mol. The van der Waals surface area contributed by atoms with Crippen molar-refractivity contribution in [2.45, 2.75) is 27.2 Å². The zero-order valence-corrected chi connectivity index (χ0v) is 7.85. The van der Waals surface area contributed by atoms with Gasteiger partial charge in [-0.15, -0.1) is 0 Å². The maximum atomic E-state index is 10.6. The number of amides is 2. The number of carbonyl (C=O) groups excluding carboxylic acids is 1. The van der Waals surface area contributed by atoms with Crippen LogP contribution in [0.2, 0.25) is 0 Å². The lowest BCUT2D eigenvalue weighted by Gasteiger charge is -2.22. The molecule has 0 rings (SSSR count). The molecule has 66 valence electrons. The van der Waals surface area contributed by atoms with Crippen molar-refractivity contribution in [1.82, 2.24) is 4.90 Å². The predicted octanol–water partition coefficient (Wildman–Crippen LogP) is 1.43. The normalized spacial score (nSPS) is 11.3. The molecule has 0 atom stereocenters. The first-order valence-corrected chi connectivity index (χ1v) is 3.83. The monoisotopic (exact) mass is 158 g/mol. The Hall–Kier alpha value is -0.730. The quantitative estimate of drug-likeness (QED) is 0.649. The van der Waals surface area contributed by atoms with Gasteiger partial charge < -0.3 is 10.6 Å². The van der Waals surface area contributed by atoms with Crippen LogP contribution in [0, 0.1) is 5.41 Å². The van der Waals surface area contributed by atoms with E-state index >= 15 is 0 Å². The van der Waals surface area contributed by atoms with Crippen LogP contribution in [-0.2, 0) is 0 Å². The molecule has 0 aliphatic carbocycles. The van der Waals surface area contributed by atoms with E-state index in [0.717, 1.165) is 13.0 Å². The first-order valence-electron chi connectivity index (χ1n) is 3.83. The molecule has 3 heteroatoms. The van der Waals surface area contributed by atoms with Crippen LogP contribution in [0.1, 0.15) is 27.2 Å².